The molecule has 0 spiro atoms. The lowest BCUT2D eigenvalue weighted by molar-refractivity contribution is 1.33. The molecule has 0 amide bonds. The second-order valence-electron chi connectivity index (χ2n) is 3.50. The molecule has 0 bridgehead atoms. The largest absolute Gasteiger partial charge is 0.289 e. The molecule has 2 nitrogen and oxygen atoms in total. The topological polar surface area (TPSA) is 30.0 Å². The summed E-state index contributed by atoms with van der Waals surface area (Å²) in [6.07, 6.45) is 9.65. The zero-order chi connectivity index (χ0) is 11.0. The highest BCUT2D eigenvalue weighted by molar-refractivity contribution is 7.18. The molecule has 1 aliphatic carbocycles. The molecule has 0 saturated heterocycles. The van der Waals surface area contributed by atoms with Gasteiger partial charge in [-0.05, 0) is 43.9 Å². The molecule has 5 radical (unpaired) electrons. The van der Waals surface area contributed by atoms with Crippen molar-refractivity contribution in [1.82, 2.24) is 4.98 Å². The van der Waals surface area contributed by atoms with E-state index in [1.54, 1.807) is 29.7 Å². The highest BCUT2D eigenvalue weighted by Crippen LogP contribution is 2.33. The number of hydrogen-bond acceptors (Lipinski definition) is 3. The van der Waals surface area contributed by atoms with Gasteiger partial charge >= 0.3 is 0 Å². The van der Waals surface area contributed by atoms with Crippen LogP contribution in [0.15, 0.2) is 29.2 Å². The van der Waals surface area contributed by atoms with E-state index < -0.39 is 0 Å². The molecule has 3 rings (SSSR count). The summed E-state index contributed by atoms with van der Waals surface area (Å²) < 4.78 is 0. The zero-order valence-corrected chi connectivity index (χ0v) is 9.20. The van der Waals surface area contributed by atoms with Gasteiger partial charge in [-0.25, -0.2) is 4.98 Å². The summed E-state index contributed by atoms with van der Waals surface area (Å²) in [6, 6.07) is 5.29. The van der Waals surface area contributed by atoms with Gasteiger partial charge in [0.1, 0.15) is 4.83 Å². The molecule has 2 heterocycles. The Balaban J connectivity index is 2.17. The van der Waals surface area contributed by atoms with Crippen molar-refractivity contribution in [2.75, 3.05) is 0 Å². The van der Waals surface area contributed by atoms with Gasteiger partial charge in [0.2, 0.25) is 0 Å². The van der Waals surface area contributed by atoms with Crippen LogP contribution in [0.25, 0.3) is 10.2 Å². The molecule has 0 aromatic carbocycles. The van der Waals surface area contributed by atoms with E-state index in [2.05, 4.69) is 4.98 Å². The fraction of sp³-hybridized carbons (Fsp3) is 0. The average molecular weight is 226 g/mol. The number of rotatable bonds is 1. The maximum Gasteiger partial charge on any atom is 0.189 e. The predicted octanol–water partition coefficient (Wildman–Crippen LogP) is 2.41. The first-order valence-electron chi connectivity index (χ1n) is 4.95. The van der Waals surface area contributed by atoms with Crippen LogP contribution in [-0.2, 0) is 0 Å². The van der Waals surface area contributed by atoms with Crippen molar-refractivity contribution < 1.29 is 0 Å². The van der Waals surface area contributed by atoms with Crippen LogP contribution >= 0.6 is 11.3 Å². The molecular weight excluding hydrogens is 218 g/mol. The summed E-state index contributed by atoms with van der Waals surface area (Å²) in [7, 11) is 0. The normalized spacial score (nSPS) is 17.0. The zero-order valence-electron chi connectivity index (χ0n) is 8.38. The third kappa shape index (κ3) is 1.65. The molecule has 16 heavy (non-hydrogen) atoms. The Hall–Kier alpha value is -1.22. The fourth-order valence-electron chi connectivity index (χ4n) is 1.67. The van der Waals surface area contributed by atoms with Crippen LogP contribution in [0.1, 0.15) is 4.88 Å². The first kappa shape index (κ1) is 9.97. The summed E-state index contributed by atoms with van der Waals surface area (Å²) in [6.45, 7) is 0. The lowest BCUT2D eigenvalue weighted by atomic mass is 10.1. The monoisotopic (exact) mass is 226 g/mol. The summed E-state index contributed by atoms with van der Waals surface area (Å²) >= 11 is 1.55. The lowest BCUT2D eigenvalue weighted by Crippen LogP contribution is -2.04. The van der Waals surface area contributed by atoms with Crippen molar-refractivity contribution in [3.63, 3.8) is 0 Å². The number of nitrogens with zero attached hydrogens (tertiary/aromatic N) is 1. The van der Waals surface area contributed by atoms with Crippen LogP contribution < -0.4 is 5.43 Å². The highest BCUT2D eigenvalue weighted by atomic mass is 32.1. The van der Waals surface area contributed by atoms with Gasteiger partial charge in [0, 0.05) is 17.0 Å². The molecule has 0 atom stereocenters. The molecule has 1 aliphatic rings. The first-order valence-corrected chi connectivity index (χ1v) is 5.77. The second kappa shape index (κ2) is 3.98. The number of fused-ring (bicyclic) bond motifs is 1. The third-order valence-electron chi connectivity index (χ3n) is 2.45. The minimum atomic E-state index is 0.0399. The quantitative estimate of drug-likeness (QED) is 0.747. The smallest absolute Gasteiger partial charge is 0.189 e. The van der Waals surface area contributed by atoms with E-state index >= 15 is 0 Å². The molecule has 0 aliphatic heterocycles. The minimum absolute atomic E-state index is 0.0399. The van der Waals surface area contributed by atoms with Crippen LogP contribution in [0.3, 0.4) is 0 Å². The highest BCUT2D eigenvalue weighted by Gasteiger charge is 2.20. The van der Waals surface area contributed by atoms with Gasteiger partial charge < -0.3 is 0 Å². The molecule has 0 N–H and O–H groups in total. The average Bonchev–Trinajstić information content (AvgIpc) is 2.82. The van der Waals surface area contributed by atoms with Crippen molar-refractivity contribution in [3.8, 4) is 0 Å². The van der Waals surface area contributed by atoms with Gasteiger partial charge in [0.25, 0.3) is 0 Å². The lowest BCUT2D eigenvalue weighted by Gasteiger charge is -2.06. The van der Waals surface area contributed by atoms with E-state index in [4.69, 9.17) is 0 Å². The van der Waals surface area contributed by atoms with Crippen LogP contribution in [0.2, 0.25) is 0 Å². The Labute approximate surface area is 98.0 Å². The molecule has 1 fully saturated rings. The van der Waals surface area contributed by atoms with Gasteiger partial charge in [0.05, 0.1) is 5.39 Å². The fourth-order valence-corrected chi connectivity index (χ4v) is 2.69. The molecular formula is C13H8NOS. The van der Waals surface area contributed by atoms with Gasteiger partial charge in [-0.2, -0.15) is 0 Å². The summed E-state index contributed by atoms with van der Waals surface area (Å²) in [4.78, 5) is 17.9. The van der Waals surface area contributed by atoms with Gasteiger partial charge in [-0.3, -0.25) is 4.79 Å². The van der Waals surface area contributed by atoms with Crippen molar-refractivity contribution in [3.05, 3.63) is 71.1 Å². The Morgan fingerprint density at radius 1 is 1.19 bits per heavy atom. The van der Waals surface area contributed by atoms with Crippen LogP contribution in [-0.4, -0.2) is 4.98 Å². The van der Waals surface area contributed by atoms with Crippen molar-refractivity contribution in [2.45, 2.75) is 0 Å². The Kier molecular flexibility index (Phi) is 2.48. The number of pyridine rings is 1. The van der Waals surface area contributed by atoms with E-state index in [1.165, 1.54) is 0 Å². The maximum absolute atomic E-state index is 11.9. The molecule has 3 heteroatoms. The van der Waals surface area contributed by atoms with E-state index in [0.717, 1.165) is 15.6 Å². The third-order valence-corrected chi connectivity index (χ3v) is 3.54. The minimum Gasteiger partial charge on any atom is -0.289 e. The summed E-state index contributed by atoms with van der Waals surface area (Å²) in [5.41, 5.74) is 0.0399. The first-order chi connectivity index (χ1) is 7.84. The van der Waals surface area contributed by atoms with Crippen molar-refractivity contribution >= 4 is 21.6 Å². The van der Waals surface area contributed by atoms with Crippen LogP contribution in [0.5, 0.6) is 0 Å². The molecule has 1 saturated carbocycles. The Morgan fingerprint density at radius 2 is 2.00 bits per heavy atom. The Morgan fingerprint density at radius 3 is 2.81 bits per heavy atom. The SMILES string of the molecule is O=c1cc([C]2[CH][CH][CH][CH]2)sc2ncccc12. The van der Waals surface area contributed by atoms with E-state index in [-0.39, 0.29) is 5.43 Å². The number of hydrogen-bond donors (Lipinski definition) is 0. The van der Waals surface area contributed by atoms with E-state index in [0.29, 0.717) is 5.39 Å². The van der Waals surface area contributed by atoms with Crippen LogP contribution in [0, 0.1) is 31.6 Å². The summed E-state index contributed by atoms with van der Waals surface area (Å²) in [5, 5.41) is 0.697. The molecule has 2 aromatic heterocycles. The molecule has 2 aromatic rings. The van der Waals surface area contributed by atoms with Crippen LogP contribution in [0.4, 0.5) is 0 Å². The van der Waals surface area contributed by atoms with Crippen molar-refractivity contribution in [2.24, 2.45) is 0 Å². The van der Waals surface area contributed by atoms with Crippen molar-refractivity contribution in [1.29, 1.82) is 0 Å². The number of aromatic nitrogens is 1. The van der Waals surface area contributed by atoms with Gasteiger partial charge in [-0.1, -0.05) is 0 Å². The van der Waals surface area contributed by atoms with Gasteiger partial charge in [0.15, 0.2) is 5.43 Å². The summed E-state index contributed by atoms with van der Waals surface area (Å²) in [5.74, 6) is 1.08. The Bertz CT molecular complexity index is 569. The predicted molar refractivity (Wildman–Crippen MR) is 65.4 cm³/mol. The van der Waals surface area contributed by atoms with Gasteiger partial charge in [-0.15, -0.1) is 11.3 Å². The van der Waals surface area contributed by atoms with E-state index in [9.17, 15) is 4.79 Å². The second-order valence-corrected chi connectivity index (χ2v) is 4.54. The standard InChI is InChI=1S/C13H8NOS/c15-11-8-12(9-4-1-2-5-9)16-13-10(11)6-3-7-14-13/h1-8H. The molecule has 0 unspecified atom stereocenters. The maximum atomic E-state index is 11.9. The van der Waals surface area contributed by atoms with E-state index in [1.807, 2.05) is 31.7 Å². The molecule has 77 valence electrons.